The van der Waals surface area contributed by atoms with Gasteiger partial charge in [0.15, 0.2) is 5.75 Å². The van der Waals surface area contributed by atoms with Gasteiger partial charge in [0, 0.05) is 22.8 Å². The van der Waals surface area contributed by atoms with Crippen molar-refractivity contribution in [1.82, 2.24) is 0 Å². The van der Waals surface area contributed by atoms with E-state index in [1.54, 1.807) is 26.0 Å². The molecule has 0 aliphatic rings. The van der Waals surface area contributed by atoms with Crippen LogP contribution < -0.4 is 4.74 Å². The van der Waals surface area contributed by atoms with E-state index in [2.05, 4.69) is 31.9 Å². The van der Waals surface area contributed by atoms with Crippen LogP contribution in [0.25, 0.3) is 0 Å². The molecular formula is C18H19Br2NO5. The smallest absolute Gasteiger partial charge is 0.274 e. The number of aromatic hydroxyl groups is 1. The van der Waals surface area contributed by atoms with E-state index in [0.717, 1.165) is 0 Å². The van der Waals surface area contributed by atoms with Crippen LogP contribution in [-0.4, -0.2) is 15.1 Å². The van der Waals surface area contributed by atoms with Gasteiger partial charge in [0.05, 0.1) is 20.0 Å². The highest BCUT2D eigenvalue weighted by atomic mass is 79.9. The normalized spacial score (nSPS) is 12.3. The minimum absolute atomic E-state index is 0.0153. The van der Waals surface area contributed by atoms with Crippen LogP contribution in [0.15, 0.2) is 27.1 Å². The molecule has 8 heteroatoms. The van der Waals surface area contributed by atoms with Gasteiger partial charge in [-0.2, -0.15) is 0 Å². The third kappa shape index (κ3) is 4.02. The van der Waals surface area contributed by atoms with Crippen molar-refractivity contribution in [3.05, 3.63) is 53.9 Å². The Morgan fingerprint density at radius 3 is 2.23 bits per heavy atom. The first-order valence-electron chi connectivity index (χ1n) is 7.90. The van der Waals surface area contributed by atoms with Gasteiger partial charge in [-0.1, -0.05) is 13.8 Å². The highest BCUT2D eigenvalue weighted by Crippen LogP contribution is 2.44. The van der Waals surface area contributed by atoms with E-state index in [4.69, 9.17) is 4.74 Å². The molecule has 2 rings (SSSR count). The zero-order chi connectivity index (χ0) is 19.8. The highest BCUT2D eigenvalue weighted by molar-refractivity contribution is 9.11. The van der Waals surface area contributed by atoms with Crippen molar-refractivity contribution in [2.24, 2.45) is 0 Å². The molecule has 0 aliphatic carbocycles. The molecule has 0 bridgehead atoms. The van der Waals surface area contributed by atoms with Crippen molar-refractivity contribution < 1.29 is 19.9 Å². The molecule has 0 amide bonds. The zero-order valence-corrected chi connectivity index (χ0v) is 17.9. The number of benzene rings is 2. The van der Waals surface area contributed by atoms with Gasteiger partial charge in [-0.25, -0.2) is 0 Å². The first kappa shape index (κ1) is 20.7. The topological polar surface area (TPSA) is 92.8 Å². The number of hydrogen-bond acceptors (Lipinski definition) is 5. The monoisotopic (exact) mass is 487 g/mol. The molecule has 0 aromatic heterocycles. The zero-order valence-electron chi connectivity index (χ0n) is 14.7. The van der Waals surface area contributed by atoms with E-state index >= 15 is 0 Å². The molecule has 0 heterocycles. The van der Waals surface area contributed by atoms with Crippen LogP contribution in [-0.2, 0) is 0 Å². The second-order valence-electron chi connectivity index (χ2n) is 6.29. The van der Waals surface area contributed by atoms with Crippen molar-refractivity contribution in [2.45, 2.75) is 39.7 Å². The lowest BCUT2D eigenvalue weighted by atomic mass is 9.96. The summed E-state index contributed by atoms with van der Waals surface area (Å²) < 4.78 is 6.82. The third-order valence-corrected chi connectivity index (χ3v) is 5.57. The van der Waals surface area contributed by atoms with Crippen LogP contribution in [0.2, 0.25) is 0 Å². The van der Waals surface area contributed by atoms with Crippen molar-refractivity contribution in [3.63, 3.8) is 0 Å². The number of nitrogens with zero attached hydrogens (tertiary/aromatic N) is 1. The maximum atomic E-state index is 11.1. The summed E-state index contributed by atoms with van der Waals surface area (Å²) in [6, 6.07) is 4.64. The molecule has 2 N–H and O–H groups in total. The van der Waals surface area contributed by atoms with Crippen LogP contribution in [0.1, 0.15) is 49.5 Å². The molecule has 1 atom stereocenters. The van der Waals surface area contributed by atoms with E-state index < -0.39 is 11.0 Å². The second-order valence-corrected chi connectivity index (χ2v) is 7.93. The summed E-state index contributed by atoms with van der Waals surface area (Å²) >= 11 is 6.67. The number of aliphatic hydroxyl groups is 1. The Morgan fingerprint density at radius 1 is 1.15 bits per heavy atom. The molecular weight excluding hydrogens is 470 g/mol. The molecule has 0 aliphatic heterocycles. The summed E-state index contributed by atoms with van der Waals surface area (Å²) in [7, 11) is 0. The quantitative estimate of drug-likeness (QED) is 0.391. The van der Waals surface area contributed by atoms with Gasteiger partial charge >= 0.3 is 0 Å². The summed E-state index contributed by atoms with van der Waals surface area (Å²) in [5.74, 6) is 0.851. The van der Waals surface area contributed by atoms with Crippen LogP contribution in [0.3, 0.4) is 0 Å². The third-order valence-electron chi connectivity index (χ3n) is 4.02. The van der Waals surface area contributed by atoms with Gasteiger partial charge in [-0.3, -0.25) is 10.1 Å². The second kappa shape index (κ2) is 7.94. The maximum absolute atomic E-state index is 11.1. The Hall–Kier alpha value is -1.64. The molecule has 0 saturated heterocycles. The number of ether oxygens (including phenoxy) is 1. The number of hydrogen-bond donors (Lipinski definition) is 2. The summed E-state index contributed by atoms with van der Waals surface area (Å²) in [6.45, 7) is 7.03. The molecule has 0 radical (unpaired) electrons. The van der Waals surface area contributed by atoms with E-state index in [1.807, 2.05) is 13.8 Å². The highest BCUT2D eigenvalue weighted by Gasteiger charge is 2.22. The van der Waals surface area contributed by atoms with Gasteiger partial charge < -0.3 is 14.9 Å². The van der Waals surface area contributed by atoms with Crippen LogP contribution in [0.5, 0.6) is 17.2 Å². The standard InChI is InChI=1S/C18H19Br2NO5/c1-8(2)12-5-11(6-13(10(4)22)17(12)23)26-18-14(19)7-15(21(24)25)9(3)16(18)20/h5-8,10,22-23H,1-4H3. The fourth-order valence-corrected chi connectivity index (χ4v) is 3.81. The van der Waals surface area contributed by atoms with Crippen molar-refractivity contribution in [1.29, 1.82) is 0 Å². The molecule has 0 spiro atoms. The van der Waals surface area contributed by atoms with E-state index in [1.165, 1.54) is 6.07 Å². The molecule has 1 unspecified atom stereocenters. The largest absolute Gasteiger partial charge is 0.507 e. The average molecular weight is 489 g/mol. The van der Waals surface area contributed by atoms with E-state index in [0.29, 0.717) is 37.1 Å². The molecule has 2 aromatic carbocycles. The van der Waals surface area contributed by atoms with Gasteiger partial charge in [0.25, 0.3) is 5.69 Å². The summed E-state index contributed by atoms with van der Waals surface area (Å²) in [5, 5.41) is 31.4. The van der Waals surface area contributed by atoms with Crippen molar-refractivity contribution in [3.8, 4) is 17.2 Å². The number of rotatable bonds is 5. The summed E-state index contributed by atoms with van der Waals surface area (Å²) in [6.07, 6.45) is -0.874. The van der Waals surface area contributed by atoms with Gasteiger partial charge in [0.2, 0.25) is 0 Å². The predicted octanol–water partition coefficient (Wildman–Crippen LogP) is 6.10. The van der Waals surface area contributed by atoms with Crippen molar-refractivity contribution >= 4 is 37.5 Å². The van der Waals surface area contributed by atoms with E-state index in [-0.39, 0.29) is 17.4 Å². The number of phenols is 1. The van der Waals surface area contributed by atoms with Crippen LogP contribution >= 0.6 is 31.9 Å². The van der Waals surface area contributed by atoms with Gasteiger partial charge in [-0.05, 0) is 63.8 Å². The van der Waals surface area contributed by atoms with Gasteiger partial charge in [-0.15, -0.1) is 0 Å². The Kier molecular flexibility index (Phi) is 6.31. The number of nitro groups is 1. The SMILES string of the molecule is Cc1c([N+](=O)[O-])cc(Br)c(Oc2cc(C(C)C)c(O)c(C(C)O)c2)c1Br. The summed E-state index contributed by atoms with van der Waals surface area (Å²) in [4.78, 5) is 10.7. The minimum atomic E-state index is -0.874. The molecule has 0 fully saturated rings. The first-order valence-corrected chi connectivity index (χ1v) is 9.48. The fourth-order valence-electron chi connectivity index (χ4n) is 2.55. The molecule has 6 nitrogen and oxygen atoms in total. The number of nitro benzene ring substituents is 1. The molecule has 140 valence electrons. The maximum Gasteiger partial charge on any atom is 0.274 e. The predicted molar refractivity (Wildman–Crippen MR) is 106 cm³/mol. The average Bonchev–Trinajstić information content (AvgIpc) is 2.55. The lowest BCUT2D eigenvalue weighted by Gasteiger charge is -2.18. The lowest BCUT2D eigenvalue weighted by molar-refractivity contribution is -0.385. The first-order chi connectivity index (χ1) is 12.0. The Bertz CT molecular complexity index is 836. The molecule has 0 saturated carbocycles. The lowest BCUT2D eigenvalue weighted by Crippen LogP contribution is -2.00. The minimum Gasteiger partial charge on any atom is -0.507 e. The Morgan fingerprint density at radius 2 is 1.73 bits per heavy atom. The fraction of sp³-hybridized carbons (Fsp3) is 0.333. The Labute approximate surface area is 168 Å². The number of halogens is 2. The van der Waals surface area contributed by atoms with E-state index in [9.17, 15) is 20.3 Å². The molecule has 26 heavy (non-hydrogen) atoms. The summed E-state index contributed by atoms with van der Waals surface area (Å²) in [5.41, 5.74) is 1.41. The van der Waals surface area contributed by atoms with Crippen molar-refractivity contribution in [2.75, 3.05) is 0 Å². The van der Waals surface area contributed by atoms with Crippen LogP contribution in [0.4, 0.5) is 5.69 Å². The molecule has 2 aromatic rings. The van der Waals surface area contributed by atoms with Gasteiger partial charge in [0.1, 0.15) is 11.5 Å². The van der Waals surface area contributed by atoms with Crippen LogP contribution in [0, 0.1) is 17.0 Å². The Balaban J connectivity index is 2.59. The number of phenolic OH excluding ortho intramolecular Hbond substituents is 1. The number of aliphatic hydroxyl groups excluding tert-OH is 1.